The molecule has 150 valence electrons. The van der Waals surface area contributed by atoms with Gasteiger partial charge in [0, 0.05) is 16.5 Å². The number of ether oxygens (including phenoxy) is 1. The fourth-order valence-corrected chi connectivity index (χ4v) is 3.66. The Bertz CT molecular complexity index is 967. The Kier molecular flexibility index (Phi) is 7.75. The Balaban J connectivity index is 1.63. The van der Waals surface area contributed by atoms with Gasteiger partial charge in [-0.2, -0.15) is 0 Å². The van der Waals surface area contributed by atoms with Crippen LogP contribution in [0.5, 0.6) is 5.75 Å². The van der Waals surface area contributed by atoms with Crippen LogP contribution in [0.15, 0.2) is 64.5 Å². The van der Waals surface area contributed by atoms with Crippen molar-refractivity contribution >= 4 is 40.9 Å². The van der Waals surface area contributed by atoms with Crippen molar-refractivity contribution in [1.29, 1.82) is 0 Å². The topological polar surface area (TPSA) is 64.1 Å². The number of benzene rings is 2. The number of halogens is 2. The fourth-order valence-electron chi connectivity index (χ4n) is 2.54. The van der Waals surface area contributed by atoms with E-state index in [-0.39, 0.29) is 11.1 Å². The first kappa shape index (κ1) is 21.4. The maximum atomic E-state index is 12.7. The molecule has 3 rings (SSSR count). The van der Waals surface area contributed by atoms with Crippen LogP contribution >= 0.6 is 35.0 Å². The van der Waals surface area contributed by atoms with Gasteiger partial charge in [0.2, 0.25) is 0 Å². The minimum absolute atomic E-state index is 0.169. The summed E-state index contributed by atoms with van der Waals surface area (Å²) < 4.78 is 5.44. The molecule has 5 nitrogen and oxygen atoms in total. The van der Waals surface area contributed by atoms with Crippen LogP contribution in [0.3, 0.4) is 0 Å². The van der Waals surface area contributed by atoms with Crippen LogP contribution in [-0.2, 0) is 6.42 Å². The van der Waals surface area contributed by atoms with Crippen molar-refractivity contribution in [3.63, 3.8) is 0 Å². The largest absolute Gasteiger partial charge is 0.494 e. The van der Waals surface area contributed by atoms with E-state index in [1.54, 1.807) is 12.1 Å². The Labute approximate surface area is 183 Å². The number of carbonyl (C=O) groups excluding carboxylic acids is 1. The second-order valence-corrected chi connectivity index (χ2v) is 7.91. The van der Waals surface area contributed by atoms with Gasteiger partial charge in [-0.3, -0.25) is 4.79 Å². The molecule has 0 fully saturated rings. The van der Waals surface area contributed by atoms with Crippen LogP contribution in [0, 0.1) is 0 Å². The lowest BCUT2D eigenvalue weighted by molar-refractivity contribution is 0.0950. The summed E-state index contributed by atoms with van der Waals surface area (Å²) in [5.41, 5.74) is 1.49. The van der Waals surface area contributed by atoms with E-state index in [0.717, 1.165) is 16.2 Å². The fraction of sp³-hybridized carbons (Fsp3) is 0.190. The standard InChI is InChI=1S/C21H19Cl2N3O2S/c1-2-28-16-7-3-14(4-8-16)11-12-24-20(27)18-13-19(23)25-26-21(18)29-17-9-5-15(22)6-10-17/h3-10,13H,2,11-12H2,1H3,(H,24,27). The smallest absolute Gasteiger partial charge is 0.254 e. The third-order valence-corrected chi connectivity index (χ3v) is 5.38. The van der Waals surface area contributed by atoms with Crippen molar-refractivity contribution in [3.8, 4) is 5.75 Å². The molecule has 1 aromatic heterocycles. The van der Waals surface area contributed by atoms with E-state index < -0.39 is 0 Å². The van der Waals surface area contributed by atoms with Gasteiger partial charge in [-0.1, -0.05) is 47.1 Å². The van der Waals surface area contributed by atoms with Gasteiger partial charge in [0.1, 0.15) is 10.8 Å². The van der Waals surface area contributed by atoms with E-state index in [9.17, 15) is 4.79 Å². The van der Waals surface area contributed by atoms with E-state index in [2.05, 4.69) is 15.5 Å². The molecule has 3 aromatic rings. The van der Waals surface area contributed by atoms with Crippen molar-refractivity contribution < 1.29 is 9.53 Å². The maximum absolute atomic E-state index is 12.7. The molecule has 0 bridgehead atoms. The van der Waals surface area contributed by atoms with Crippen molar-refractivity contribution in [2.24, 2.45) is 0 Å². The second-order valence-electron chi connectivity index (χ2n) is 6.02. The molecule has 8 heteroatoms. The van der Waals surface area contributed by atoms with Crippen LogP contribution in [0.1, 0.15) is 22.8 Å². The molecule has 0 unspecified atom stereocenters. The molecule has 0 saturated carbocycles. The van der Waals surface area contributed by atoms with Crippen LogP contribution in [0.4, 0.5) is 0 Å². The molecule has 2 aromatic carbocycles. The first-order chi connectivity index (χ1) is 14.0. The number of nitrogens with one attached hydrogen (secondary N) is 1. The van der Waals surface area contributed by atoms with Gasteiger partial charge >= 0.3 is 0 Å². The number of amides is 1. The number of hydrogen-bond acceptors (Lipinski definition) is 5. The molecule has 0 radical (unpaired) electrons. The van der Waals surface area contributed by atoms with E-state index in [1.807, 2.05) is 43.3 Å². The molecule has 0 atom stereocenters. The SMILES string of the molecule is CCOc1ccc(CCNC(=O)c2cc(Cl)nnc2Sc2ccc(Cl)cc2)cc1. The molecular weight excluding hydrogens is 429 g/mol. The van der Waals surface area contributed by atoms with Crippen LogP contribution in [-0.4, -0.2) is 29.3 Å². The predicted molar refractivity (Wildman–Crippen MR) is 116 cm³/mol. The molecular formula is C21H19Cl2N3O2S. The highest BCUT2D eigenvalue weighted by molar-refractivity contribution is 7.99. The number of rotatable bonds is 8. The summed E-state index contributed by atoms with van der Waals surface area (Å²) in [5, 5.41) is 12.2. The summed E-state index contributed by atoms with van der Waals surface area (Å²) in [5.74, 6) is 0.589. The lowest BCUT2D eigenvalue weighted by Crippen LogP contribution is -2.26. The van der Waals surface area contributed by atoms with E-state index in [1.165, 1.54) is 17.8 Å². The first-order valence-corrected chi connectivity index (χ1v) is 10.6. The zero-order valence-corrected chi connectivity index (χ0v) is 18.0. The van der Waals surface area contributed by atoms with E-state index >= 15 is 0 Å². The van der Waals surface area contributed by atoms with Gasteiger partial charge < -0.3 is 10.1 Å². The Morgan fingerprint density at radius 2 is 1.79 bits per heavy atom. The highest BCUT2D eigenvalue weighted by atomic mass is 35.5. The molecule has 0 aliphatic rings. The average Bonchev–Trinajstić information content (AvgIpc) is 2.72. The summed E-state index contributed by atoms with van der Waals surface area (Å²) >= 11 is 13.2. The molecule has 0 saturated heterocycles. The Hall–Kier alpha value is -2.28. The monoisotopic (exact) mass is 447 g/mol. The van der Waals surface area contributed by atoms with Crippen LogP contribution < -0.4 is 10.1 Å². The molecule has 0 aliphatic carbocycles. The second kappa shape index (κ2) is 10.5. The average molecular weight is 448 g/mol. The minimum atomic E-state index is -0.246. The van der Waals surface area contributed by atoms with Crippen molar-refractivity contribution in [2.75, 3.05) is 13.2 Å². The number of aromatic nitrogens is 2. The molecule has 1 N–H and O–H groups in total. The molecule has 1 amide bonds. The first-order valence-electron chi connectivity index (χ1n) is 9.01. The lowest BCUT2D eigenvalue weighted by Gasteiger charge is -2.10. The highest BCUT2D eigenvalue weighted by Crippen LogP contribution is 2.30. The lowest BCUT2D eigenvalue weighted by atomic mass is 10.1. The van der Waals surface area contributed by atoms with Crippen molar-refractivity contribution in [1.82, 2.24) is 15.5 Å². The van der Waals surface area contributed by atoms with E-state index in [4.69, 9.17) is 27.9 Å². The van der Waals surface area contributed by atoms with Gasteiger partial charge in [-0.05, 0) is 61.4 Å². The van der Waals surface area contributed by atoms with Gasteiger partial charge in [0.05, 0.1) is 12.2 Å². The third-order valence-electron chi connectivity index (χ3n) is 3.94. The van der Waals surface area contributed by atoms with Gasteiger partial charge in [0.25, 0.3) is 5.91 Å². The van der Waals surface area contributed by atoms with Crippen LogP contribution in [0.2, 0.25) is 10.2 Å². The van der Waals surface area contributed by atoms with Crippen LogP contribution in [0.25, 0.3) is 0 Å². The summed E-state index contributed by atoms with van der Waals surface area (Å²) in [6.45, 7) is 3.06. The predicted octanol–water partition coefficient (Wildman–Crippen LogP) is 5.31. The Morgan fingerprint density at radius 3 is 2.48 bits per heavy atom. The number of carbonyl (C=O) groups is 1. The summed E-state index contributed by atoms with van der Waals surface area (Å²) in [4.78, 5) is 13.6. The van der Waals surface area contributed by atoms with Gasteiger partial charge in [-0.25, -0.2) is 0 Å². The van der Waals surface area contributed by atoms with Gasteiger partial charge in [-0.15, -0.1) is 10.2 Å². The molecule has 0 aliphatic heterocycles. The molecule has 1 heterocycles. The van der Waals surface area contributed by atoms with Gasteiger partial charge in [0.15, 0.2) is 5.15 Å². The number of nitrogens with zero attached hydrogens (tertiary/aromatic N) is 2. The Morgan fingerprint density at radius 1 is 1.07 bits per heavy atom. The zero-order chi connectivity index (χ0) is 20.6. The molecule has 29 heavy (non-hydrogen) atoms. The zero-order valence-electron chi connectivity index (χ0n) is 15.7. The third kappa shape index (κ3) is 6.35. The maximum Gasteiger partial charge on any atom is 0.254 e. The summed E-state index contributed by atoms with van der Waals surface area (Å²) in [6, 6.07) is 16.6. The summed E-state index contributed by atoms with van der Waals surface area (Å²) in [7, 11) is 0. The number of hydrogen-bond donors (Lipinski definition) is 1. The normalized spacial score (nSPS) is 10.6. The van der Waals surface area contributed by atoms with Crippen molar-refractivity contribution in [2.45, 2.75) is 23.3 Å². The minimum Gasteiger partial charge on any atom is -0.494 e. The van der Waals surface area contributed by atoms with Crippen molar-refractivity contribution in [3.05, 3.63) is 75.9 Å². The molecule has 0 spiro atoms. The summed E-state index contributed by atoms with van der Waals surface area (Å²) in [6.07, 6.45) is 0.698. The van der Waals surface area contributed by atoms with E-state index in [0.29, 0.717) is 35.2 Å². The highest BCUT2D eigenvalue weighted by Gasteiger charge is 2.16. The quantitative estimate of drug-likeness (QED) is 0.506.